The van der Waals surface area contributed by atoms with Gasteiger partial charge in [-0.2, -0.15) is 0 Å². The maximum Gasteiger partial charge on any atom is 0.226 e. The zero-order chi connectivity index (χ0) is 19.2. The molecule has 3 aromatic rings. The minimum atomic E-state index is -0.0856. The van der Waals surface area contributed by atoms with Crippen LogP contribution in [-0.4, -0.2) is 10.9 Å². The third-order valence-corrected chi connectivity index (χ3v) is 6.75. The van der Waals surface area contributed by atoms with E-state index in [1.165, 1.54) is 11.3 Å². The van der Waals surface area contributed by atoms with Crippen LogP contribution < -0.4 is 5.32 Å². The topological polar surface area (TPSA) is 42.0 Å². The average Bonchev–Trinajstić information content (AvgIpc) is 3.07. The third kappa shape index (κ3) is 6.13. The summed E-state index contributed by atoms with van der Waals surface area (Å²) in [7, 11) is 0. The fraction of sp³-hybridized carbons (Fsp3) is 0.158. The number of carbonyl (C=O) groups is 1. The molecule has 1 heterocycles. The van der Waals surface area contributed by atoms with E-state index in [1.54, 1.807) is 23.9 Å². The quantitative estimate of drug-likeness (QED) is 0.426. The fourth-order valence-corrected chi connectivity index (χ4v) is 4.88. The SMILES string of the molecule is O=C(Cc1csc(SCc2ccc(Cl)cc2Cl)n1)NCc1ccccc1Cl. The molecule has 27 heavy (non-hydrogen) atoms. The monoisotopic (exact) mass is 456 g/mol. The smallest absolute Gasteiger partial charge is 0.226 e. The first-order chi connectivity index (χ1) is 13.0. The number of nitrogens with one attached hydrogen (secondary N) is 1. The summed E-state index contributed by atoms with van der Waals surface area (Å²) in [5.41, 5.74) is 2.64. The maximum absolute atomic E-state index is 12.1. The number of rotatable bonds is 7. The van der Waals surface area contributed by atoms with E-state index in [-0.39, 0.29) is 12.3 Å². The van der Waals surface area contributed by atoms with E-state index in [4.69, 9.17) is 34.8 Å². The maximum atomic E-state index is 12.1. The first kappa shape index (κ1) is 20.5. The number of amides is 1. The largest absolute Gasteiger partial charge is 0.352 e. The molecule has 0 fully saturated rings. The second kappa shape index (κ2) is 9.80. The predicted octanol–water partition coefficient (Wildman–Crippen LogP) is 6.25. The molecule has 3 nitrogen and oxygen atoms in total. The number of nitrogens with zero attached hydrogens (tertiary/aromatic N) is 1. The van der Waals surface area contributed by atoms with Crippen LogP contribution in [-0.2, 0) is 23.5 Å². The van der Waals surface area contributed by atoms with Gasteiger partial charge >= 0.3 is 0 Å². The Kier molecular flexibility index (Phi) is 7.44. The predicted molar refractivity (Wildman–Crippen MR) is 115 cm³/mol. The summed E-state index contributed by atoms with van der Waals surface area (Å²) in [4.78, 5) is 16.6. The highest BCUT2D eigenvalue weighted by Crippen LogP contribution is 2.30. The van der Waals surface area contributed by atoms with E-state index in [2.05, 4.69) is 10.3 Å². The number of aromatic nitrogens is 1. The van der Waals surface area contributed by atoms with Crippen molar-refractivity contribution in [3.8, 4) is 0 Å². The summed E-state index contributed by atoms with van der Waals surface area (Å²) in [6.07, 6.45) is 0.239. The molecule has 0 atom stereocenters. The highest BCUT2D eigenvalue weighted by atomic mass is 35.5. The van der Waals surface area contributed by atoms with Gasteiger partial charge in [-0.3, -0.25) is 4.79 Å². The van der Waals surface area contributed by atoms with Crippen LogP contribution in [0.3, 0.4) is 0 Å². The van der Waals surface area contributed by atoms with Crippen molar-refractivity contribution >= 4 is 63.8 Å². The summed E-state index contributed by atoms with van der Waals surface area (Å²) in [5, 5.41) is 6.68. The zero-order valence-corrected chi connectivity index (χ0v) is 17.9. The van der Waals surface area contributed by atoms with E-state index in [1.807, 2.05) is 35.7 Å². The number of hydrogen-bond acceptors (Lipinski definition) is 4. The van der Waals surface area contributed by atoms with Gasteiger partial charge < -0.3 is 5.32 Å². The van der Waals surface area contributed by atoms with Gasteiger partial charge in [-0.1, -0.05) is 70.8 Å². The normalized spacial score (nSPS) is 10.8. The van der Waals surface area contributed by atoms with Crippen molar-refractivity contribution in [3.05, 3.63) is 79.7 Å². The van der Waals surface area contributed by atoms with Gasteiger partial charge in [0.05, 0.1) is 12.1 Å². The fourth-order valence-electron chi connectivity index (χ4n) is 2.28. The highest BCUT2D eigenvalue weighted by Gasteiger charge is 2.10. The second-order valence-electron chi connectivity index (χ2n) is 5.67. The van der Waals surface area contributed by atoms with Crippen molar-refractivity contribution in [2.24, 2.45) is 0 Å². The number of thiazole rings is 1. The van der Waals surface area contributed by atoms with Crippen molar-refractivity contribution in [1.82, 2.24) is 10.3 Å². The van der Waals surface area contributed by atoms with Crippen LogP contribution in [0.2, 0.25) is 15.1 Å². The molecule has 0 spiro atoms. The van der Waals surface area contributed by atoms with Gasteiger partial charge in [-0.15, -0.1) is 11.3 Å². The lowest BCUT2D eigenvalue weighted by molar-refractivity contribution is -0.120. The van der Waals surface area contributed by atoms with E-state index >= 15 is 0 Å². The molecule has 0 aliphatic rings. The van der Waals surface area contributed by atoms with Crippen molar-refractivity contribution < 1.29 is 4.79 Å². The summed E-state index contributed by atoms with van der Waals surface area (Å²) in [6.45, 7) is 0.402. The number of thioether (sulfide) groups is 1. The van der Waals surface area contributed by atoms with Crippen LogP contribution in [0.25, 0.3) is 0 Å². The van der Waals surface area contributed by atoms with Crippen LogP contribution in [0.1, 0.15) is 16.8 Å². The van der Waals surface area contributed by atoms with E-state index in [0.717, 1.165) is 21.2 Å². The van der Waals surface area contributed by atoms with E-state index in [9.17, 15) is 4.79 Å². The van der Waals surface area contributed by atoms with Crippen LogP contribution >= 0.6 is 57.9 Å². The van der Waals surface area contributed by atoms with Gasteiger partial charge in [0.25, 0.3) is 0 Å². The van der Waals surface area contributed by atoms with Crippen LogP contribution in [0.4, 0.5) is 0 Å². The molecule has 0 aliphatic carbocycles. The van der Waals surface area contributed by atoms with Gasteiger partial charge in [-0.25, -0.2) is 4.98 Å². The van der Waals surface area contributed by atoms with E-state index in [0.29, 0.717) is 27.4 Å². The van der Waals surface area contributed by atoms with Gasteiger partial charge in [0.1, 0.15) is 4.34 Å². The first-order valence-corrected chi connectivity index (χ1v) is 11.0. The Morgan fingerprint density at radius 1 is 1.07 bits per heavy atom. The molecule has 1 N–H and O–H groups in total. The molecule has 2 aromatic carbocycles. The minimum absolute atomic E-state index is 0.0856. The average molecular weight is 458 g/mol. The molecular formula is C19H15Cl3N2OS2. The molecule has 0 saturated heterocycles. The second-order valence-corrected chi connectivity index (χ2v) is 9.01. The molecule has 0 saturated carbocycles. The minimum Gasteiger partial charge on any atom is -0.352 e. The van der Waals surface area contributed by atoms with E-state index < -0.39 is 0 Å². The zero-order valence-electron chi connectivity index (χ0n) is 14.0. The molecule has 1 amide bonds. The number of benzene rings is 2. The molecular weight excluding hydrogens is 443 g/mol. The Bertz CT molecular complexity index is 946. The Balaban J connectivity index is 1.50. The molecule has 140 valence electrons. The van der Waals surface area contributed by atoms with Crippen molar-refractivity contribution in [3.63, 3.8) is 0 Å². The highest BCUT2D eigenvalue weighted by molar-refractivity contribution is 8.00. The number of halogens is 3. The number of carbonyl (C=O) groups excluding carboxylic acids is 1. The molecule has 0 bridgehead atoms. The number of hydrogen-bond donors (Lipinski definition) is 1. The first-order valence-electron chi connectivity index (χ1n) is 8.02. The standard InChI is InChI=1S/C19H15Cl3N2OS2/c20-14-6-5-13(17(22)7-14)10-26-19-24-15(11-27-19)8-18(25)23-9-12-3-1-2-4-16(12)21/h1-7,11H,8-10H2,(H,23,25). The van der Waals surface area contributed by atoms with Gasteiger partial charge in [0.2, 0.25) is 5.91 Å². The Morgan fingerprint density at radius 3 is 2.67 bits per heavy atom. The van der Waals surface area contributed by atoms with Gasteiger partial charge in [0, 0.05) is 32.7 Å². The van der Waals surface area contributed by atoms with Crippen molar-refractivity contribution in [2.75, 3.05) is 0 Å². The lowest BCUT2D eigenvalue weighted by Crippen LogP contribution is -2.24. The lowest BCUT2D eigenvalue weighted by Gasteiger charge is -2.06. The summed E-state index contributed by atoms with van der Waals surface area (Å²) in [6, 6.07) is 12.9. The molecule has 3 rings (SSSR count). The van der Waals surface area contributed by atoms with Gasteiger partial charge in [0.15, 0.2) is 0 Å². The van der Waals surface area contributed by atoms with Crippen molar-refractivity contribution in [2.45, 2.75) is 23.1 Å². The molecule has 0 aliphatic heterocycles. The lowest BCUT2D eigenvalue weighted by atomic mass is 10.2. The Morgan fingerprint density at radius 2 is 1.89 bits per heavy atom. The molecule has 0 radical (unpaired) electrons. The third-order valence-electron chi connectivity index (χ3n) is 3.67. The summed E-state index contributed by atoms with van der Waals surface area (Å²) >= 11 is 21.3. The van der Waals surface area contributed by atoms with Crippen LogP contribution in [0, 0.1) is 0 Å². The van der Waals surface area contributed by atoms with Crippen LogP contribution in [0.5, 0.6) is 0 Å². The molecule has 8 heteroatoms. The Hall–Kier alpha value is -1.24. The summed E-state index contributed by atoms with van der Waals surface area (Å²) < 4.78 is 0.898. The molecule has 1 aromatic heterocycles. The molecule has 0 unspecified atom stereocenters. The summed E-state index contributed by atoms with van der Waals surface area (Å²) in [5.74, 6) is 0.610. The van der Waals surface area contributed by atoms with Crippen LogP contribution in [0.15, 0.2) is 52.2 Å². The van der Waals surface area contributed by atoms with Gasteiger partial charge in [-0.05, 0) is 29.3 Å². The van der Waals surface area contributed by atoms with Crippen molar-refractivity contribution in [1.29, 1.82) is 0 Å². The Labute approximate surface area is 181 Å².